The molecule has 0 nitrogen and oxygen atoms in total. The Morgan fingerprint density at radius 3 is 2.61 bits per heavy atom. The molecule has 0 spiro atoms. The van der Waals surface area contributed by atoms with Gasteiger partial charge in [0.15, 0.2) is 0 Å². The standard InChI is InChI=1S/C16H24P2/c1-4-13-11(3)8-12(9-16(13)18)14-6-5-10(2)7-15(14)17/h1,7,11-13,16H,5-6,8-9,17-18H2,2-3H3. The summed E-state index contributed by atoms with van der Waals surface area (Å²) < 4.78 is 0. The molecule has 98 valence electrons. The average molecular weight is 278 g/mol. The van der Waals surface area contributed by atoms with Crippen LogP contribution in [0.15, 0.2) is 22.5 Å². The van der Waals surface area contributed by atoms with E-state index in [2.05, 4.69) is 44.3 Å². The Kier molecular flexibility index (Phi) is 4.69. The van der Waals surface area contributed by atoms with Gasteiger partial charge in [0.1, 0.15) is 0 Å². The van der Waals surface area contributed by atoms with Gasteiger partial charge in [-0.25, -0.2) is 0 Å². The van der Waals surface area contributed by atoms with Gasteiger partial charge < -0.3 is 0 Å². The molecule has 1 fully saturated rings. The summed E-state index contributed by atoms with van der Waals surface area (Å²) >= 11 is 0. The van der Waals surface area contributed by atoms with Gasteiger partial charge in [-0.05, 0) is 55.4 Å². The maximum atomic E-state index is 5.66. The fourth-order valence-electron chi connectivity index (χ4n) is 3.51. The Hall–Kier alpha value is -0.100. The molecule has 0 saturated heterocycles. The van der Waals surface area contributed by atoms with Crippen LogP contribution in [0.3, 0.4) is 0 Å². The van der Waals surface area contributed by atoms with E-state index in [0.29, 0.717) is 17.5 Å². The third-order valence-corrected chi connectivity index (χ3v) is 5.76. The van der Waals surface area contributed by atoms with Crippen molar-refractivity contribution in [1.29, 1.82) is 0 Å². The first-order valence-corrected chi connectivity index (χ1v) is 8.14. The Morgan fingerprint density at radius 1 is 1.33 bits per heavy atom. The summed E-state index contributed by atoms with van der Waals surface area (Å²) in [5.41, 5.74) is 3.76. The molecule has 2 aliphatic rings. The number of terminal acetylenes is 1. The molecule has 0 aromatic carbocycles. The molecule has 2 aliphatic carbocycles. The molecule has 0 bridgehead atoms. The van der Waals surface area contributed by atoms with Crippen molar-refractivity contribution in [3.63, 3.8) is 0 Å². The van der Waals surface area contributed by atoms with Crippen LogP contribution in [0.4, 0.5) is 0 Å². The maximum Gasteiger partial charge on any atom is 0.0288 e. The van der Waals surface area contributed by atoms with E-state index >= 15 is 0 Å². The fraction of sp³-hybridized carbons (Fsp3) is 0.625. The molecule has 0 amide bonds. The molecule has 2 heteroatoms. The Balaban J connectivity index is 2.17. The van der Waals surface area contributed by atoms with Gasteiger partial charge in [-0.15, -0.1) is 30.8 Å². The molecule has 0 heterocycles. The van der Waals surface area contributed by atoms with Gasteiger partial charge >= 0.3 is 0 Å². The monoisotopic (exact) mass is 278 g/mol. The van der Waals surface area contributed by atoms with E-state index in [9.17, 15) is 0 Å². The summed E-state index contributed by atoms with van der Waals surface area (Å²) in [7, 11) is 5.93. The highest BCUT2D eigenvalue weighted by molar-refractivity contribution is 7.23. The molecule has 2 rings (SSSR count). The van der Waals surface area contributed by atoms with Crippen LogP contribution in [0.2, 0.25) is 0 Å². The molecule has 0 aromatic rings. The van der Waals surface area contributed by atoms with Gasteiger partial charge in [0, 0.05) is 5.92 Å². The third-order valence-electron chi connectivity index (χ3n) is 4.53. The highest BCUT2D eigenvalue weighted by Gasteiger charge is 2.34. The number of allylic oxidation sites excluding steroid dienone is 4. The zero-order valence-corrected chi connectivity index (χ0v) is 13.8. The van der Waals surface area contributed by atoms with E-state index in [1.54, 1.807) is 5.57 Å². The summed E-state index contributed by atoms with van der Waals surface area (Å²) in [5.74, 6) is 4.82. The van der Waals surface area contributed by atoms with E-state index in [1.807, 2.05) is 0 Å². The first kappa shape index (κ1) is 14.3. The lowest BCUT2D eigenvalue weighted by molar-refractivity contribution is 0.265. The minimum Gasteiger partial charge on any atom is -0.133 e. The first-order valence-electron chi connectivity index (χ1n) is 6.90. The zero-order valence-electron chi connectivity index (χ0n) is 11.4. The summed E-state index contributed by atoms with van der Waals surface area (Å²) in [4.78, 5) is 0. The number of rotatable bonds is 1. The van der Waals surface area contributed by atoms with Gasteiger partial charge in [-0.3, -0.25) is 0 Å². The van der Waals surface area contributed by atoms with Crippen molar-refractivity contribution in [2.75, 3.05) is 0 Å². The topological polar surface area (TPSA) is 0 Å². The normalized spacial score (nSPS) is 37.2. The Bertz CT molecular complexity index is 413. The summed E-state index contributed by atoms with van der Waals surface area (Å²) in [6.07, 6.45) is 13.0. The van der Waals surface area contributed by atoms with Crippen LogP contribution < -0.4 is 0 Å². The lowest BCUT2D eigenvalue weighted by Gasteiger charge is -2.38. The van der Waals surface area contributed by atoms with Crippen molar-refractivity contribution in [2.45, 2.75) is 45.2 Å². The predicted molar refractivity (Wildman–Crippen MR) is 87.4 cm³/mol. The molecule has 18 heavy (non-hydrogen) atoms. The van der Waals surface area contributed by atoms with Gasteiger partial charge in [0.25, 0.3) is 0 Å². The van der Waals surface area contributed by atoms with Crippen LogP contribution >= 0.6 is 18.5 Å². The second-order valence-corrected chi connectivity index (χ2v) is 7.45. The molecule has 1 saturated carbocycles. The van der Waals surface area contributed by atoms with Crippen molar-refractivity contribution in [3.8, 4) is 12.3 Å². The minimum atomic E-state index is 0.445. The summed E-state index contributed by atoms with van der Waals surface area (Å²) in [5, 5.41) is 1.44. The van der Waals surface area contributed by atoms with Crippen LogP contribution in [0.1, 0.15) is 39.5 Å². The quantitative estimate of drug-likeness (QED) is 0.493. The van der Waals surface area contributed by atoms with E-state index in [1.165, 1.54) is 36.6 Å². The smallest absolute Gasteiger partial charge is 0.0288 e. The van der Waals surface area contributed by atoms with Gasteiger partial charge in [-0.2, -0.15) is 0 Å². The summed E-state index contributed by atoms with van der Waals surface area (Å²) in [6, 6.07) is 0. The molecule has 6 unspecified atom stereocenters. The van der Waals surface area contributed by atoms with E-state index in [0.717, 1.165) is 5.92 Å². The molecule has 0 aromatic heterocycles. The average Bonchev–Trinajstić information content (AvgIpc) is 2.28. The van der Waals surface area contributed by atoms with Gasteiger partial charge in [0.2, 0.25) is 0 Å². The lowest BCUT2D eigenvalue weighted by Crippen LogP contribution is -2.32. The molecule has 0 radical (unpaired) electrons. The van der Waals surface area contributed by atoms with E-state index < -0.39 is 0 Å². The van der Waals surface area contributed by atoms with E-state index in [-0.39, 0.29) is 0 Å². The van der Waals surface area contributed by atoms with Crippen molar-refractivity contribution >= 4 is 18.5 Å². The second-order valence-electron chi connectivity index (χ2n) is 5.97. The SMILES string of the molecule is C#CC1C(C)CC(C2=C(P)C=C(C)CC2)CC1P. The Labute approximate surface area is 116 Å². The molecular weight excluding hydrogens is 254 g/mol. The van der Waals surface area contributed by atoms with Gasteiger partial charge in [-0.1, -0.05) is 24.1 Å². The third kappa shape index (κ3) is 2.90. The zero-order chi connectivity index (χ0) is 13.3. The number of hydrogen-bond donors (Lipinski definition) is 0. The molecule has 0 N–H and O–H groups in total. The predicted octanol–water partition coefficient (Wildman–Crippen LogP) is 4.39. The molecule has 6 atom stereocenters. The van der Waals surface area contributed by atoms with Crippen LogP contribution in [-0.4, -0.2) is 5.66 Å². The van der Waals surface area contributed by atoms with Crippen molar-refractivity contribution in [3.05, 3.63) is 22.5 Å². The van der Waals surface area contributed by atoms with Crippen molar-refractivity contribution < 1.29 is 0 Å². The first-order chi connectivity index (χ1) is 8.52. The highest BCUT2D eigenvalue weighted by Crippen LogP contribution is 2.44. The van der Waals surface area contributed by atoms with Crippen LogP contribution in [0.5, 0.6) is 0 Å². The minimum absolute atomic E-state index is 0.445. The van der Waals surface area contributed by atoms with Crippen LogP contribution in [0, 0.1) is 30.1 Å². The van der Waals surface area contributed by atoms with Crippen LogP contribution in [0.25, 0.3) is 0 Å². The molecule has 0 aliphatic heterocycles. The highest BCUT2D eigenvalue weighted by atomic mass is 31.0. The maximum absolute atomic E-state index is 5.66. The van der Waals surface area contributed by atoms with Crippen molar-refractivity contribution in [2.24, 2.45) is 17.8 Å². The lowest BCUT2D eigenvalue weighted by atomic mass is 9.71. The van der Waals surface area contributed by atoms with E-state index in [4.69, 9.17) is 6.42 Å². The fourth-order valence-corrected chi connectivity index (χ4v) is 4.99. The second kappa shape index (κ2) is 5.90. The van der Waals surface area contributed by atoms with Crippen molar-refractivity contribution in [1.82, 2.24) is 0 Å². The van der Waals surface area contributed by atoms with Gasteiger partial charge in [0.05, 0.1) is 0 Å². The largest absolute Gasteiger partial charge is 0.133 e. The summed E-state index contributed by atoms with van der Waals surface area (Å²) in [6.45, 7) is 4.55. The molecular formula is C16H24P2. The van der Waals surface area contributed by atoms with Crippen LogP contribution in [-0.2, 0) is 0 Å². The number of hydrogen-bond acceptors (Lipinski definition) is 0. The Morgan fingerprint density at radius 2 is 2.06 bits per heavy atom.